The van der Waals surface area contributed by atoms with Crippen LogP contribution >= 0.6 is 0 Å². The smallest absolute Gasteiger partial charge is 0.254 e. The van der Waals surface area contributed by atoms with Crippen LogP contribution in [-0.4, -0.2) is 39.7 Å². The van der Waals surface area contributed by atoms with Gasteiger partial charge in [-0.05, 0) is 38.5 Å². The van der Waals surface area contributed by atoms with E-state index >= 15 is 0 Å². The Labute approximate surface area is 148 Å². The quantitative estimate of drug-likeness (QED) is 0.689. The van der Waals surface area contributed by atoms with Gasteiger partial charge in [-0.15, -0.1) is 0 Å². The molecule has 0 spiro atoms. The molecule has 1 aromatic heterocycles. The minimum atomic E-state index is -0.364. The summed E-state index contributed by atoms with van der Waals surface area (Å²) in [5.41, 5.74) is 5.95. The van der Waals surface area contributed by atoms with Gasteiger partial charge in [0.2, 0.25) is 5.91 Å². The molecule has 0 bridgehead atoms. The Morgan fingerprint density at radius 2 is 2.00 bits per heavy atom. The molecule has 2 aliphatic carbocycles. The van der Waals surface area contributed by atoms with Crippen LogP contribution < -0.4 is 16.4 Å². The molecule has 138 valence electrons. The largest absolute Gasteiger partial charge is 0.352 e. The summed E-state index contributed by atoms with van der Waals surface area (Å²) in [5, 5.41) is 10.2. The number of carbonyl (C=O) groups is 2. The van der Waals surface area contributed by atoms with Crippen molar-refractivity contribution in [3.63, 3.8) is 0 Å². The number of nitrogens with two attached hydrogens (primary N) is 1. The Hall–Kier alpha value is -1.89. The number of rotatable bonds is 7. The minimum Gasteiger partial charge on any atom is -0.352 e. The zero-order chi connectivity index (χ0) is 17.9. The molecule has 1 unspecified atom stereocenters. The van der Waals surface area contributed by atoms with E-state index in [0.717, 1.165) is 25.7 Å². The summed E-state index contributed by atoms with van der Waals surface area (Å²) in [6, 6.07) is 0.281. The van der Waals surface area contributed by atoms with E-state index in [1.807, 2.05) is 6.92 Å². The molecular weight excluding hydrogens is 318 g/mol. The van der Waals surface area contributed by atoms with E-state index in [-0.39, 0.29) is 29.9 Å². The first kappa shape index (κ1) is 17.9. The number of nitrogens with one attached hydrogen (secondary N) is 2. The number of amides is 2. The summed E-state index contributed by atoms with van der Waals surface area (Å²) in [6.45, 7) is 2.55. The number of nitrogens with zero attached hydrogens (tertiary/aromatic N) is 2. The van der Waals surface area contributed by atoms with Gasteiger partial charge in [0, 0.05) is 18.8 Å². The standard InChI is InChI=1S/C18H29N5O2/c1-18(12-19,14-7-8-14)22-17(25)13-9-20-23(10-13)11-16(24)21-15-5-3-2-4-6-15/h9-10,14-15H,2-8,11-12,19H2,1H3,(H,21,24)(H,22,25). The van der Waals surface area contributed by atoms with Gasteiger partial charge in [0.05, 0.1) is 17.3 Å². The van der Waals surface area contributed by atoms with Crippen molar-refractivity contribution in [3.8, 4) is 0 Å². The van der Waals surface area contributed by atoms with E-state index in [0.29, 0.717) is 18.0 Å². The van der Waals surface area contributed by atoms with Crippen molar-refractivity contribution in [2.45, 2.75) is 70.0 Å². The maximum absolute atomic E-state index is 12.4. The van der Waals surface area contributed by atoms with Crippen LogP contribution in [0.5, 0.6) is 0 Å². The Kier molecular flexibility index (Phi) is 5.42. The Bertz CT molecular complexity index is 619. The fourth-order valence-electron chi connectivity index (χ4n) is 3.61. The van der Waals surface area contributed by atoms with Gasteiger partial charge in [-0.25, -0.2) is 0 Å². The molecule has 4 N–H and O–H groups in total. The third kappa shape index (κ3) is 4.60. The van der Waals surface area contributed by atoms with E-state index < -0.39 is 0 Å². The highest BCUT2D eigenvalue weighted by atomic mass is 16.2. The van der Waals surface area contributed by atoms with E-state index in [9.17, 15) is 9.59 Å². The lowest BCUT2D eigenvalue weighted by atomic mass is 9.95. The lowest BCUT2D eigenvalue weighted by Gasteiger charge is -2.29. The van der Waals surface area contributed by atoms with Gasteiger partial charge in [0.25, 0.3) is 5.91 Å². The normalized spacial score (nSPS) is 20.7. The average Bonchev–Trinajstić information content (AvgIpc) is 3.36. The van der Waals surface area contributed by atoms with Crippen molar-refractivity contribution in [2.75, 3.05) is 6.54 Å². The van der Waals surface area contributed by atoms with Gasteiger partial charge >= 0.3 is 0 Å². The second-order valence-electron chi connectivity index (χ2n) is 7.68. The van der Waals surface area contributed by atoms with Crippen molar-refractivity contribution in [3.05, 3.63) is 18.0 Å². The third-order valence-electron chi connectivity index (χ3n) is 5.47. The van der Waals surface area contributed by atoms with E-state index in [2.05, 4.69) is 15.7 Å². The molecule has 7 heteroatoms. The molecule has 0 saturated heterocycles. The van der Waals surface area contributed by atoms with Crippen molar-refractivity contribution >= 4 is 11.8 Å². The number of hydrogen-bond donors (Lipinski definition) is 3. The van der Waals surface area contributed by atoms with Crippen molar-refractivity contribution in [2.24, 2.45) is 11.7 Å². The lowest BCUT2D eigenvalue weighted by Crippen LogP contribution is -2.53. The molecule has 3 rings (SSSR count). The van der Waals surface area contributed by atoms with Crippen LogP contribution in [0.25, 0.3) is 0 Å². The molecule has 1 heterocycles. The zero-order valence-corrected chi connectivity index (χ0v) is 15.0. The topological polar surface area (TPSA) is 102 Å². The Morgan fingerprint density at radius 1 is 1.28 bits per heavy atom. The van der Waals surface area contributed by atoms with Crippen molar-refractivity contribution in [1.82, 2.24) is 20.4 Å². The summed E-state index contributed by atoms with van der Waals surface area (Å²) in [7, 11) is 0. The monoisotopic (exact) mass is 347 g/mol. The highest BCUT2D eigenvalue weighted by molar-refractivity contribution is 5.94. The van der Waals surface area contributed by atoms with Gasteiger partial charge in [-0.3, -0.25) is 14.3 Å². The molecule has 7 nitrogen and oxygen atoms in total. The van der Waals surface area contributed by atoms with Gasteiger partial charge in [-0.1, -0.05) is 19.3 Å². The fraction of sp³-hybridized carbons (Fsp3) is 0.722. The van der Waals surface area contributed by atoms with Crippen LogP contribution in [0.15, 0.2) is 12.4 Å². The average molecular weight is 347 g/mol. The maximum atomic E-state index is 12.4. The molecule has 2 saturated carbocycles. The first-order chi connectivity index (χ1) is 12.0. The van der Waals surface area contributed by atoms with E-state index in [1.165, 1.54) is 30.1 Å². The summed E-state index contributed by atoms with van der Waals surface area (Å²) in [4.78, 5) is 24.6. The molecule has 2 fully saturated rings. The molecule has 1 aromatic rings. The molecule has 25 heavy (non-hydrogen) atoms. The predicted octanol–water partition coefficient (Wildman–Crippen LogP) is 1.19. The second kappa shape index (κ2) is 7.56. The predicted molar refractivity (Wildman–Crippen MR) is 94.9 cm³/mol. The molecule has 2 aliphatic rings. The van der Waals surface area contributed by atoms with Crippen LogP contribution in [0.2, 0.25) is 0 Å². The molecule has 1 atom stereocenters. The Balaban J connectivity index is 1.52. The lowest BCUT2D eigenvalue weighted by molar-refractivity contribution is -0.122. The highest BCUT2D eigenvalue weighted by Crippen LogP contribution is 2.39. The zero-order valence-electron chi connectivity index (χ0n) is 15.0. The molecule has 0 aromatic carbocycles. The van der Waals surface area contributed by atoms with Gasteiger partial charge in [-0.2, -0.15) is 5.10 Å². The molecule has 2 amide bonds. The van der Waals surface area contributed by atoms with Crippen LogP contribution in [0.1, 0.15) is 62.2 Å². The fourth-order valence-corrected chi connectivity index (χ4v) is 3.61. The van der Waals surface area contributed by atoms with Gasteiger partial charge in [0.1, 0.15) is 6.54 Å². The molecule has 0 radical (unpaired) electrons. The summed E-state index contributed by atoms with van der Waals surface area (Å²) < 4.78 is 1.52. The van der Waals surface area contributed by atoms with Crippen LogP contribution in [0, 0.1) is 5.92 Å². The van der Waals surface area contributed by atoms with E-state index in [1.54, 1.807) is 6.20 Å². The SMILES string of the molecule is CC(CN)(NC(=O)c1cnn(CC(=O)NC2CCCCC2)c1)C1CC1. The summed E-state index contributed by atoms with van der Waals surface area (Å²) in [5.74, 6) is 0.225. The maximum Gasteiger partial charge on any atom is 0.254 e. The first-order valence-electron chi connectivity index (χ1n) is 9.34. The number of hydrogen-bond acceptors (Lipinski definition) is 4. The van der Waals surface area contributed by atoms with Crippen molar-refractivity contribution < 1.29 is 9.59 Å². The first-order valence-corrected chi connectivity index (χ1v) is 9.34. The van der Waals surface area contributed by atoms with Crippen molar-refractivity contribution in [1.29, 1.82) is 0 Å². The number of aromatic nitrogens is 2. The highest BCUT2D eigenvalue weighted by Gasteiger charge is 2.41. The van der Waals surface area contributed by atoms with E-state index in [4.69, 9.17) is 5.73 Å². The Morgan fingerprint density at radius 3 is 2.64 bits per heavy atom. The van der Waals surface area contributed by atoms with Crippen LogP contribution in [0.3, 0.4) is 0 Å². The summed E-state index contributed by atoms with van der Waals surface area (Å²) >= 11 is 0. The second-order valence-corrected chi connectivity index (χ2v) is 7.68. The summed E-state index contributed by atoms with van der Waals surface area (Å²) in [6.07, 6.45) is 11.1. The minimum absolute atomic E-state index is 0.0493. The number of carbonyl (C=O) groups excluding carboxylic acids is 2. The van der Waals surface area contributed by atoms with Crippen LogP contribution in [0.4, 0.5) is 0 Å². The van der Waals surface area contributed by atoms with Gasteiger partial charge < -0.3 is 16.4 Å². The van der Waals surface area contributed by atoms with Crippen LogP contribution in [-0.2, 0) is 11.3 Å². The molecule has 0 aliphatic heterocycles. The third-order valence-corrected chi connectivity index (χ3v) is 5.47. The molecular formula is C18H29N5O2. The van der Waals surface area contributed by atoms with Gasteiger partial charge in [0.15, 0.2) is 0 Å².